The van der Waals surface area contributed by atoms with Crippen molar-refractivity contribution in [2.45, 2.75) is 13.3 Å². The molecule has 24 heavy (non-hydrogen) atoms. The lowest BCUT2D eigenvalue weighted by atomic mass is 10.1. The van der Waals surface area contributed by atoms with Crippen molar-refractivity contribution in [3.8, 4) is 0 Å². The summed E-state index contributed by atoms with van der Waals surface area (Å²) in [5, 5.41) is 11.0. The van der Waals surface area contributed by atoms with Crippen LogP contribution >= 0.6 is 24.0 Å². The van der Waals surface area contributed by atoms with Gasteiger partial charge < -0.3 is 10.4 Å². The van der Waals surface area contributed by atoms with E-state index in [0.29, 0.717) is 9.23 Å². The van der Waals surface area contributed by atoms with Gasteiger partial charge in [0.15, 0.2) is 0 Å². The van der Waals surface area contributed by atoms with E-state index >= 15 is 0 Å². The summed E-state index contributed by atoms with van der Waals surface area (Å²) in [7, 11) is 0. The molecule has 1 heterocycles. The molecule has 2 amide bonds. The average molecular weight is 364 g/mol. The Morgan fingerprint density at radius 2 is 2.08 bits per heavy atom. The van der Waals surface area contributed by atoms with E-state index in [4.69, 9.17) is 17.3 Å². The molecule has 0 radical (unpaired) electrons. The Hall–Kier alpha value is -2.19. The van der Waals surface area contributed by atoms with E-state index in [1.807, 2.05) is 31.2 Å². The molecular formula is C16H16N2O4S2. The Labute approximate surface area is 148 Å². The van der Waals surface area contributed by atoms with Gasteiger partial charge in [-0.1, -0.05) is 48.2 Å². The van der Waals surface area contributed by atoms with Gasteiger partial charge in [-0.05, 0) is 24.1 Å². The van der Waals surface area contributed by atoms with Gasteiger partial charge in [0, 0.05) is 6.54 Å². The van der Waals surface area contributed by atoms with Crippen molar-refractivity contribution < 1.29 is 19.5 Å². The van der Waals surface area contributed by atoms with E-state index in [9.17, 15) is 14.4 Å². The van der Waals surface area contributed by atoms with Gasteiger partial charge in [0.1, 0.15) is 10.9 Å². The summed E-state index contributed by atoms with van der Waals surface area (Å²) in [5.74, 6) is -1.76. The van der Waals surface area contributed by atoms with Crippen LogP contribution in [0.1, 0.15) is 17.5 Å². The molecule has 126 valence electrons. The number of carboxylic acid groups (broad SMARTS) is 1. The topological polar surface area (TPSA) is 86.7 Å². The summed E-state index contributed by atoms with van der Waals surface area (Å²) in [6.07, 6.45) is 1.59. The molecule has 1 aromatic carbocycles. The molecule has 6 nitrogen and oxygen atoms in total. The van der Waals surface area contributed by atoms with Crippen LogP contribution in [0.3, 0.4) is 0 Å². The Morgan fingerprint density at radius 1 is 1.38 bits per heavy atom. The smallest absolute Gasteiger partial charge is 0.305 e. The van der Waals surface area contributed by atoms with E-state index < -0.39 is 11.9 Å². The number of nitrogens with zero attached hydrogens (tertiary/aromatic N) is 1. The van der Waals surface area contributed by atoms with Crippen LogP contribution in [0.2, 0.25) is 0 Å². The summed E-state index contributed by atoms with van der Waals surface area (Å²) < 4.78 is 0.313. The third kappa shape index (κ3) is 4.65. The number of hydrogen-bond donors (Lipinski definition) is 2. The first-order chi connectivity index (χ1) is 11.4. The largest absolute Gasteiger partial charge is 0.481 e. The van der Waals surface area contributed by atoms with Crippen LogP contribution in [0, 0.1) is 6.92 Å². The summed E-state index contributed by atoms with van der Waals surface area (Å²) >= 11 is 6.32. The number of carbonyl (C=O) groups excluding carboxylic acids is 2. The number of carbonyl (C=O) groups is 3. The number of amides is 2. The number of aliphatic carboxylic acids is 1. The van der Waals surface area contributed by atoms with Gasteiger partial charge >= 0.3 is 5.97 Å². The van der Waals surface area contributed by atoms with Gasteiger partial charge in [-0.25, -0.2) is 0 Å². The molecule has 1 saturated heterocycles. The van der Waals surface area contributed by atoms with Crippen molar-refractivity contribution in [2.24, 2.45) is 0 Å². The first kappa shape index (κ1) is 18.2. The zero-order valence-electron chi connectivity index (χ0n) is 12.9. The molecule has 0 bridgehead atoms. The quantitative estimate of drug-likeness (QED) is 0.591. The van der Waals surface area contributed by atoms with Crippen molar-refractivity contribution >= 4 is 52.2 Å². The van der Waals surface area contributed by atoms with Gasteiger partial charge in [0.25, 0.3) is 5.91 Å². The Kier molecular flexibility index (Phi) is 6.10. The molecule has 1 aliphatic heterocycles. The standard InChI is InChI=1S/C16H16N2O4S2/c1-10-4-2-3-5-11(10)8-12-15(22)18(16(23)24-12)9-13(19)17-7-6-14(20)21/h2-5,8H,6-7,9H2,1H3,(H,17,19)(H,20,21)/b12-8-. The Balaban J connectivity index is 2.02. The molecule has 0 atom stereocenters. The van der Waals surface area contributed by atoms with Crippen molar-refractivity contribution in [3.05, 3.63) is 40.3 Å². The van der Waals surface area contributed by atoms with E-state index in [1.54, 1.807) is 6.08 Å². The number of benzene rings is 1. The van der Waals surface area contributed by atoms with Gasteiger partial charge in [-0.3, -0.25) is 19.3 Å². The van der Waals surface area contributed by atoms with E-state index in [2.05, 4.69) is 5.32 Å². The SMILES string of the molecule is Cc1ccccc1/C=C1\SC(=S)N(CC(=O)NCCC(=O)O)C1=O. The number of aryl methyl sites for hydroxylation is 1. The second-order valence-corrected chi connectivity index (χ2v) is 6.79. The molecule has 0 saturated carbocycles. The van der Waals surface area contributed by atoms with E-state index in [0.717, 1.165) is 22.9 Å². The van der Waals surface area contributed by atoms with Crippen molar-refractivity contribution in [1.82, 2.24) is 10.2 Å². The molecule has 1 aliphatic rings. The fraction of sp³-hybridized carbons (Fsp3) is 0.250. The first-order valence-corrected chi connectivity index (χ1v) is 8.40. The maximum Gasteiger partial charge on any atom is 0.305 e. The van der Waals surface area contributed by atoms with E-state index in [1.165, 1.54) is 4.90 Å². The lowest BCUT2D eigenvalue weighted by Gasteiger charge is -2.13. The second kappa shape index (κ2) is 8.07. The maximum atomic E-state index is 12.4. The highest BCUT2D eigenvalue weighted by molar-refractivity contribution is 8.26. The van der Waals surface area contributed by atoms with Gasteiger partial charge in [-0.2, -0.15) is 0 Å². The highest BCUT2D eigenvalue weighted by atomic mass is 32.2. The summed E-state index contributed by atoms with van der Waals surface area (Å²) in [4.78, 5) is 36.3. The van der Waals surface area contributed by atoms with E-state index in [-0.39, 0.29) is 25.4 Å². The number of nitrogens with one attached hydrogen (secondary N) is 1. The molecule has 0 aromatic heterocycles. The monoisotopic (exact) mass is 364 g/mol. The highest BCUT2D eigenvalue weighted by Crippen LogP contribution is 2.32. The minimum Gasteiger partial charge on any atom is -0.481 e. The molecule has 8 heteroatoms. The fourth-order valence-corrected chi connectivity index (χ4v) is 3.28. The van der Waals surface area contributed by atoms with Gasteiger partial charge in [0.2, 0.25) is 5.91 Å². The Morgan fingerprint density at radius 3 is 2.75 bits per heavy atom. The molecular weight excluding hydrogens is 348 g/mol. The molecule has 0 spiro atoms. The van der Waals surface area contributed by atoms with Gasteiger partial charge in [-0.15, -0.1) is 0 Å². The fourth-order valence-electron chi connectivity index (χ4n) is 2.03. The number of carboxylic acids is 1. The summed E-state index contributed by atoms with van der Waals surface area (Å²) in [6, 6.07) is 7.65. The predicted octanol–water partition coefficient (Wildman–Crippen LogP) is 1.79. The third-order valence-electron chi connectivity index (χ3n) is 3.31. The lowest BCUT2D eigenvalue weighted by Crippen LogP contribution is -2.40. The molecule has 2 rings (SSSR count). The minimum atomic E-state index is -0.998. The van der Waals surface area contributed by atoms with Crippen LogP contribution < -0.4 is 5.32 Å². The third-order valence-corrected chi connectivity index (χ3v) is 4.69. The minimum absolute atomic E-state index is 0.0159. The Bertz CT molecular complexity index is 731. The second-order valence-electron chi connectivity index (χ2n) is 5.12. The zero-order valence-corrected chi connectivity index (χ0v) is 14.6. The van der Waals surface area contributed by atoms with Crippen LogP contribution in [0.15, 0.2) is 29.2 Å². The van der Waals surface area contributed by atoms with Crippen LogP contribution in [0.25, 0.3) is 6.08 Å². The average Bonchev–Trinajstić information content (AvgIpc) is 2.77. The number of thiocarbonyl (C=S) groups is 1. The molecule has 1 fully saturated rings. The van der Waals surface area contributed by atoms with Crippen molar-refractivity contribution in [2.75, 3.05) is 13.1 Å². The highest BCUT2D eigenvalue weighted by Gasteiger charge is 2.33. The molecule has 0 unspecified atom stereocenters. The first-order valence-electron chi connectivity index (χ1n) is 7.18. The molecule has 1 aromatic rings. The van der Waals surface area contributed by atoms with Crippen LogP contribution in [-0.4, -0.2) is 45.2 Å². The number of thioether (sulfide) groups is 1. The van der Waals surface area contributed by atoms with Crippen LogP contribution in [0.5, 0.6) is 0 Å². The number of hydrogen-bond acceptors (Lipinski definition) is 5. The molecule has 0 aliphatic carbocycles. The summed E-state index contributed by atoms with van der Waals surface area (Å²) in [6.45, 7) is 1.75. The maximum absolute atomic E-state index is 12.4. The number of rotatable bonds is 6. The molecule has 2 N–H and O–H groups in total. The van der Waals surface area contributed by atoms with Crippen molar-refractivity contribution in [1.29, 1.82) is 0 Å². The summed E-state index contributed by atoms with van der Waals surface area (Å²) in [5.41, 5.74) is 1.96. The van der Waals surface area contributed by atoms with Gasteiger partial charge in [0.05, 0.1) is 11.3 Å². The predicted molar refractivity (Wildman–Crippen MR) is 96.3 cm³/mol. The zero-order chi connectivity index (χ0) is 17.7. The van der Waals surface area contributed by atoms with Crippen LogP contribution in [-0.2, 0) is 14.4 Å². The van der Waals surface area contributed by atoms with Crippen molar-refractivity contribution in [3.63, 3.8) is 0 Å². The van der Waals surface area contributed by atoms with Crippen LogP contribution in [0.4, 0.5) is 0 Å². The normalized spacial score (nSPS) is 15.9. The lowest BCUT2D eigenvalue weighted by molar-refractivity contribution is -0.137.